The van der Waals surface area contributed by atoms with E-state index < -0.39 is 77.0 Å². The second-order valence-corrected chi connectivity index (χ2v) is 16.4. The number of aliphatic hydroxyl groups is 1. The highest BCUT2D eigenvalue weighted by atomic mass is 32.2. The summed E-state index contributed by atoms with van der Waals surface area (Å²) in [4.78, 5) is 79.7. The first-order valence-electron chi connectivity index (χ1n) is 20.6. The smallest absolute Gasteiger partial charge is 0.410 e. The largest absolute Gasteiger partial charge is 0.507 e. The number of aromatic hydroxyl groups is 2. The number of hydrogen-bond acceptors (Lipinski definition) is 15. The molecule has 0 aromatic heterocycles. The monoisotopic (exact) mass is 868 g/mol. The molecule has 0 radical (unpaired) electrons. The Morgan fingerprint density at radius 1 is 1.07 bits per heavy atom. The number of aliphatic hydroxyl groups excluding tert-OH is 1. The van der Waals surface area contributed by atoms with Crippen molar-refractivity contribution in [3.05, 3.63) is 63.7 Å². The normalized spacial score (nSPS) is 20.4. The molecule has 4 unspecified atom stereocenters. The van der Waals surface area contributed by atoms with Crippen LogP contribution in [-0.2, 0) is 39.2 Å². The average molecular weight is 869 g/mol. The van der Waals surface area contributed by atoms with Gasteiger partial charge >= 0.3 is 6.09 Å². The van der Waals surface area contributed by atoms with Crippen LogP contribution >= 0.6 is 12.0 Å². The van der Waals surface area contributed by atoms with Crippen LogP contribution in [0.3, 0.4) is 0 Å². The van der Waals surface area contributed by atoms with Crippen molar-refractivity contribution in [2.75, 3.05) is 45.8 Å². The standard InChI is InChI=1S/C44H56N2O14S/c1-7-26(22-61-59-21-24(4)45-25(5)48)12-13-31(49)23(3)20-58-44(55)46(8-2)28-14-15-57-35(18-28)60-34-17-27(32(50)19-47)16-30-37(34)43(54)39-38(41(30)52)40(51)29-10-9-11-33(56-6)36(29)42(39)53/h9-11,24,26-28,34-35,47,52,54H,3,7-8,12-22H2,1-2,4-6H3,(H,45,48)/t24?,26?,27?,28-,34+,35?/m0/s1. The van der Waals surface area contributed by atoms with Crippen LogP contribution in [0.5, 0.6) is 17.2 Å². The highest BCUT2D eigenvalue weighted by molar-refractivity contribution is 7.94. The summed E-state index contributed by atoms with van der Waals surface area (Å²) in [5.74, 6) is -3.37. The SMILES string of the molecule is C=C(COC(=O)N(CC)[C@H]1CCOC(O[C@@H]2CC(C(=O)CO)Cc3c(O)c4c(c(O)c32)C(=O)c2c(OC)cccc2C4=O)C1)C(=O)CCC(CC)CSOCC(C)NC(C)=O. The Kier molecular flexibility index (Phi) is 16.5. The Bertz CT molecular complexity index is 2020. The van der Waals surface area contributed by atoms with E-state index in [4.69, 9.17) is 23.1 Å². The van der Waals surface area contributed by atoms with Gasteiger partial charge in [0.2, 0.25) is 11.7 Å². The molecule has 0 bridgehead atoms. The fourth-order valence-electron chi connectivity index (χ4n) is 8.13. The summed E-state index contributed by atoms with van der Waals surface area (Å²) in [6.45, 7) is 10.6. The summed E-state index contributed by atoms with van der Waals surface area (Å²) in [6, 6.07) is 3.90. The summed E-state index contributed by atoms with van der Waals surface area (Å²) in [6.07, 6.45) is -0.778. The molecule has 1 saturated heterocycles. The van der Waals surface area contributed by atoms with Gasteiger partial charge in [-0.05, 0) is 63.6 Å². The minimum Gasteiger partial charge on any atom is -0.507 e. The van der Waals surface area contributed by atoms with Gasteiger partial charge in [-0.15, -0.1) is 0 Å². The van der Waals surface area contributed by atoms with Crippen molar-refractivity contribution >= 4 is 47.2 Å². The molecule has 1 fully saturated rings. The van der Waals surface area contributed by atoms with Crippen LogP contribution in [0, 0.1) is 11.8 Å². The van der Waals surface area contributed by atoms with E-state index in [1.54, 1.807) is 6.92 Å². The molecule has 17 heteroatoms. The van der Waals surface area contributed by atoms with Crippen LogP contribution in [0.2, 0.25) is 0 Å². The van der Waals surface area contributed by atoms with Gasteiger partial charge in [-0.3, -0.25) is 24.0 Å². The van der Waals surface area contributed by atoms with Crippen LogP contribution in [0.4, 0.5) is 4.79 Å². The third-order valence-corrected chi connectivity index (χ3v) is 12.4. The molecule has 0 spiro atoms. The summed E-state index contributed by atoms with van der Waals surface area (Å²) < 4.78 is 28.9. The van der Waals surface area contributed by atoms with E-state index in [0.717, 1.165) is 6.42 Å². The van der Waals surface area contributed by atoms with Crippen molar-refractivity contribution in [2.45, 2.75) is 97.1 Å². The van der Waals surface area contributed by atoms with Crippen molar-refractivity contribution < 1.29 is 67.2 Å². The number of ether oxygens (including phenoxy) is 4. The number of rotatable bonds is 20. The van der Waals surface area contributed by atoms with Crippen molar-refractivity contribution in [1.82, 2.24) is 10.2 Å². The molecule has 1 aliphatic heterocycles. The number of amides is 2. The van der Waals surface area contributed by atoms with E-state index in [2.05, 4.69) is 11.9 Å². The zero-order valence-corrected chi connectivity index (χ0v) is 36.1. The third-order valence-electron chi connectivity index (χ3n) is 11.5. The lowest BCUT2D eigenvalue weighted by molar-refractivity contribution is -0.205. The summed E-state index contributed by atoms with van der Waals surface area (Å²) >= 11 is 1.30. The van der Waals surface area contributed by atoms with E-state index in [1.165, 1.54) is 49.2 Å². The van der Waals surface area contributed by atoms with Gasteiger partial charge < -0.3 is 48.7 Å². The molecule has 2 amide bonds. The third kappa shape index (κ3) is 10.8. The maximum atomic E-state index is 14.0. The van der Waals surface area contributed by atoms with Crippen molar-refractivity contribution in [3.8, 4) is 17.2 Å². The lowest BCUT2D eigenvalue weighted by Crippen LogP contribution is -2.47. The molecule has 5 rings (SSSR count). The number of phenolic OH excluding ortho intramolecular Hbond substituents is 2. The quantitative estimate of drug-likeness (QED) is 0.0499. The highest BCUT2D eigenvalue weighted by Crippen LogP contribution is 2.51. The molecule has 6 atom stereocenters. The number of ketones is 4. The minimum absolute atomic E-state index is 0.0143. The Balaban J connectivity index is 1.23. The predicted molar refractivity (Wildman–Crippen MR) is 223 cm³/mol. The summed E-state index contributed by atoms with van der Waals surface area (Å²) in [7, 11) is 1.34. The molecule has 3 aliphatic rings. The maximum absolute atomic E-state index is 14.0. The maximum Gasteiger partial charge on any atom is 0.410 e. The van der Waals surface area contributed by atoms with Crippen LogP contribution in [0.25, 0.3) is 0 Å². The van der Waals surface area contributed by atoms with E-state index >= 15 is 0 Å². The highest BCUT2D eigenvalue weighted by Gasteiger charge is 2.45. The molecule has 61 heavy (non-hydrogen) atoms. The van der Waals surface area contributed by atoms with Gasteiger partial charge in [0.25, 0.3) is 0 Å². The lowest BCUT2D eigenvalue weighted by atomic mass is 9.73. The number of carbonyl (C=O) groups excluding carboxylic acids is 6. The number of benzene rings is 2. The van der Waals surface area contributed by atoms with E-state index in [0.29, 0.717) is 25.2 Å². The zero-order valence-electron chi connectivity index (χ0n) is 35.3. The molecule has 2 aromatic carbocycles. The fraction of sp³-hybridized carbons (Fsp3) is 0.545. The molecule has 2 aliphatic carbocycles. The Hall–Kier alpha value is -4.81. The Morgan fingerprint density at radius 3 is 2.48 bits per heavy atom. The van der Waals surface area contributed by atoms with Crippen molar-refractivity contribution in [3.63, 3.8) is 0 Å². The van der Waals surface area contributed by atoms with E-state index in [-0.39, 0.29) is 103 Å². The molecular weight excluding hydrogens is 813 g/mol. The van der Waals surface area contributed by atoms with Crippen LogP contribution < -0.4 is 10.1 Å². The number of carbonyl (C=O) groups is 6. The molecule has 332 valence electrons. The number of methoxy groups -OCH3 is 1. The molecule has 16 nitrogen and oxygen atoms in total. The first-order valence-corrected chi connectivity index (χ1v) is 21.5. The molecule has 4 N–H and O–H groups in total. The molecule has 0 saturated carbocycles. The van der Waals surface area contributed by atoms with Gasteiger partial charge in [-0.2, -0.15) is 0 Å². The van der Waals surface area contributed by atoms with Gasteiger partial charge in [0.15, 0.2) is 23.6 Å². The number of Topliss-reactive ketones (excluding diaryl/α,β-unsaturated/α-hetero) is 2. The Morgan fingerprint density at radius 2 is 1.80 bits per heavy atom. The second-order valence-electron chi connectivity index (χ2n) is 15.6. The van der Waals surface area contributed by atoms with Gasteiger partial charge in [-0.1, -0.05) is 32.1 Å². The number of phenols is 2. The molecule has 1 heterocycles. The number of fused-ring (bicyclic) bond motifs is 3. The van der Waals surface area contributed by atoms with Crippen LogP contribution in [0.15, 0.2) is 30.4 Å². The predicted octanol–water partition coefficient (Wildman–Crippen LogP) is 5.15. The van der Waals surface area contributed by atoms with Gasteiger partial charge in [-0.25, -0.2) is 4.79 Å². The van der Waals surface area contributed by atoms with Gasteiger partial charge in [0.1, 0.15) is 30.5 Å². The number of nitrogens with zero attached hydrogens (tertiary/aromatic N) is 1. The number of nitrogens with one attached hydrogen (secondary N) is 1. The van der Waals surface area contributed by atoms with Gasteiger partial charge in [0, 0.05) is 66.3 Å². The van der Waals surface area contributed by atoms with Crippen molar-refractivity contribution in [2.24, 2.45) is 11.8 Å². The first-order chi connectivity index (χ1) is 29.1. The fourth-order valence-corrected chi connectivity index (χ4v) is 9.12. The van der Waals surface area contributed by atoms with Crippen LogP contribution in [-0.4, -0.2) is 120 Å². The first kappa shape index (κ1) is 47.2. The lowest BCUT2D eigenvalue weighted by Gasteiger charge is -2.39. The molecular formula is C44H56N2O14S. The van der Waals surface area contributed by atoms with Crippen molar-refractivity contribution in [1.29, 1.82) is 0 Å². The molecule has 2 aromatic rings. The Labute approximate surface area is 359 Å². The number of hydrogen-bond donors (Lipinski definition) is 4. The van der Waals surface area contributed by atoms with Crippen LogP contribution in [0.1, 0.15) is 115 Å². The second kappa shape index (κ2) is 21.3. The minimum atomic E-state index is -1.14. The van der Waals surface area contributed by atoms with Gasteiger partial charge in [0.05, 0.1) is 49.2 Å². The summed E-state index contributed by atoms with van der Waals surface area (Å²) in [5, 5.41) is 36.0. The summed E-state index contributed by atoms with van der Waals surface area (Å²) in [5.41, 5.74) is -0.674. The topological polar surface area (TPSA) is 225 Å². The zero-order chi connectivity index (χ0) is 44.5. The van der Waals surface area contributed by atoms with E-state index in [1.807, 2.05) is 13.8 Å². The average Bonchev–Trinajstić information content (AvgIpc) is 3.24. The van der Waals surface area contributed by atoms with E-state index in [9.17, 15) is 44.1 Å².